The number of esters is 1. The Kier molecular flexibility index (Phi) is 7.50. The molecule has 0 saturated heterocycles. The Morgan fingerprint density at radius 2 is 1.85 bits per heavy atom. The highest BCUT2D eigenvalue weighted by Gasteiger charge is 2.37. The molecule has 0 spiro atoms. The molecule has 1 amide bonds. The molecule has 0 saturated carbocycles. The van der Waals surface area contributed by atoms with E-state index in [1.807, 2.05) is 35.6 Å². The number of aliphatic imine (C=N–C) groups is 1. The van der Waals surface area contributed by atoms with E-state index in [-0.39, 0.29) is 25.2 Å². The summed E-state index contributed by atoms with van der Waals surface area (Å²) >= 11 is 13.4. The largest absolute Gasteiger partial charge is 0.484 e. The molecule has 0 radical (unpaired) electrons. The highest BCUT2D eigenvalue weighted by atomic mass is 35.5. The average molecular weight is 518 g/mol. The first-order valence-corrected chi connectivity index (χ1v) is 12.1. The average Bonchev–Trinajstić information content (AvgIpc) is 3.24. The topological polar surface area (TPSA) is 80.2 Å². The molecular formula is C24H21Cl2N3O4S. The number of hydrogen-bond acceptors (Lipinski definition) is 7. The predicted molar refractivity (Wildman–Crippen MR) is 135 cm³/mol. The molecule has 1 atom stereocenters. The molecule has 0 aromatic heterocycles. The highest BCUT2D eigenvalue weighted by Crippen LogP contribution is 2.41. The molecule has 4 rings (SSSR count). The van der Waals surface area contributed by atoms with E-state index in [2.05, 4.69) is 10.3 Å². The molecule has 176 valence electrons. The summed E-state index contributed by atoms with van der Waals surface area (Å²) in [6.07, 6.45) is 1.90. The molecule has 34 heavy (non-hydrogen) atoms. The third kappa shape index (κ3) is 5.41. The van der Waals surface area contributed by atoms with Gasteiger partial charge in [0.25, 0.3) is 5.91 Å². The molecular weight excluding hydrogens is 497 g/mol. The van der Waals surface area contributed by atoms with Gasteiger partial charge in [-0.05, 0) is 55.2 Å². The van der Waals surface area contributed by atoms with Crippen LogP contribution in [-0.4, -0.2) is 35.2 Å². The van der Waals surface area contributed by atoms with E-state index in [9.17, 15) is 9.59 Å². The first-order valence-electron chi connectivity index (χ1n) is 10.4. The molecule has 2 aliphatic heterocycles. The van der Waals surface area contributed by atoms with Gasteiger partial charge in [0.1, 0.15) is 5.75 Å². The van der Waals surface area contributed by atoms with Crippen molar-refractivity contribution in [2.24, 2.45) is 4.99 Å². The molecule has 2 aliphatic rings. The van der Waals surface area contributed by atoms with Crippen molar-refractivity contribution in [3.05, 3.63) is 81.0 Å². The summed E-state index contributed by atoms with van der Waals surface area (Å²) < 4.78 is 10.9. The number of halogens is 2. The first-order chi connectivity index (χ1) is 16.4. The molecule has 0 unspecified atom stereocenters. The standard InChI is InChI=1S/C24H21Cl2N3O4S/c1-3-32-23(31)21-14(2)27-24-29(8-9-34-24)22(21)15-4-6-19(7-5-15)33-13-20(30)28-18-11-16(25)10-17(26)12-18/h4-12,22H,3,13H2,1-2H3,(H,28,30)/t22-/m0/s1. The van der Waals surface area contributed by atoms with Crippen molar-refractivity contribution < 1.29 is 19.1 Å². The number of nitrogens with zero attached hydrogens (tertiary/aromatic N) is 2. The minimum atomic E-state index is -0.392. The summed E-state index contributed by atoms with van der Waals surface area (Å²) in [5.41, 5.74) is 2.48. The summed E-state index contributed by atoms with van der Waals surface area (Å²) in [5.74, 6) is -0.230. The van der Waals surface area contributed by atoms with E-state index in [1.165, 1.54) is 11.8 Å². The van der Waals surface area contributed by atoms with Crippen LogP contribution in [0, 0.1) is 0 Å². The van der Waals surface area contributed by atoms with E-state index in [0.29, 0.717) is 32.8 Å². The van der Waals surface area contributed by atoms with Gasteiger partial charge in [0, 0.05) is 21.9 Å². The van der Waals surface area contributed by atoms with Crippen LogP contribution in [0.15, 0.2) is 70.3 Å². The Balaban J connectivity index is 1.46. The summed E-state index contributed by atoms with van der Waals surface area (Å²) in [6.45, 7) is 3.67. The van der Waals surface area contributed by atoms with Crippen LogP contribution >= 0.6 is 35.0 Å². The quantitative estimate of drug-likeness (QED) is 0.469. The van der Waals surface area contributed by atoms with Gasteiger partial charge in [-0.2, -0.15) is 0 Å². The fourth-order valence-corrected chi connectivity index (χ4v) is 4.93. The van der Waals surface area contributed by atoms with E-state index >= 15 is 0 Å². The van der Waals surface area contributed by atoms with Crippen molar-refractivity contribution in [1.82, 2.24) is 4.90 Å². The molecule has 10 heteroatoms. The Morgan fingerprint density at radius 1 is 1.15 bits per heavy atom. The number of carbonyl (C=O) groups excluding carboxylic acids is 2. The van der Waals surface area contributed by atoms with Gasteiger partial charge in [-0.1, -0.05) is 47.1 Å². The van der Waals surface area contributed by atoms with Crippen LogP contribution in [0.3, 0.4) is 0 Å². The molecule has 2 aromatic carbocycles. The maximum absolute atomic E-state index is 12.7. The molecule has 7 nitrogen and oxygen atoms in total. The lowest BCUT2D eigenvalue weighted by Gasteiger charge is -2.33. The van der Waals surface area contributed by atoms with Gasteiger partial charge in [-0.25, -0.2) is 9.79 Å². The monoisotopic (exact) mass is 517 g/mol. The Morgan fingerprint density at radius 3 is 2.53 bits per heavy atom. The normalized spacial score (nSPS) is 16.8. The number of rotatable bonds is 7. The third-order valence-electron chi connectivity index (χ3n) is 5.03. The van der Waals surface area contributed by atoms with Gasteiger partial charge in [0.15, 0.2) is 11.8 Å². The van der Waals surface area contributed by atoms with Crippen molar-refractivity contribution in [1.29, 1.82) is 0 Å². The summed E-state index contributed by atoms with van der Waals surface area (Å²) in [4.78, 5) is 31.5. The van der Waals surface area contributed by atoms with Crippen LogP contribution in [0.2, 0.25) is 10.0 Å². The molecule has 1 N–H and O–H groups in total. The number of allylic oxidation sites excluding steroid dienone is 1. The van der Waals surface area contributed by atoms with Crippen LogP contribution in [0.1, 0.15) is 25.5 Å². The number of hydrogen-bond donors (Lipinski definition) is 1. The molecule has 2 aromatic rings. The predicted octanol–water partition coefficient (Wildman–Crippen LogP) is 5.78. The minimum absolute atomic E-state index is 0.192. The van der Waals surface area contributed by atoms with Crippen LogP contribution in [0.25, 0.3) is 0 Å². The highest BCUT2D eigenvalue weighted by molar-refractivity contribution is 8.16. The summed E-state index contributed by atoms with van der Waals surface area (Å²) in [5, 5.41) is 6.27. The van der Waals surface area contributed by atoms with Gasteiger partial charge in [0.05, 0.1) is 23.9 Å². The van der Waals surface area contributed by atoms with Crippen LogP contribution in [-0.2, 0) is 14.3 Å². The van der Waals surface area contributed by atoms with Gasteiger partial charge < -0.3 is 19.7 Å². The zero-order chi connectivity index (χ0) is 24.2. The number of amidine groups is 1. The summed E-state index contributed by atoms with van der Waals surface area (Å²) in [7, 11) is 0. The minimum Gasteiger partial charge on any atom is -0.484 e. The van der Waals surface area contributed by atoms with E-state index in [1.54, 1.807) is 37.3 Å². The number of anilines is 1. The number of thioether (sulfide) groups is 1. The number of fused-ring (bicyclic) bond motifs is 1. The zero-order valence-electron chi connectivity index (χ0n) is 18.4. The van der Waals surface area contributed by atoms with E-state index in [0.717, 1.165) is 10.7 Å². The van der Waals surface area contributed by atoms with Gasteiger partial charge in [-0.15, -0.1) is 0 Å². The van der Waals surface area contributed by atoms with Crippen molar-refractivity contribution in [2.75, 3.05) is 18.5 Å². The first kappa shape index (κ1) is 24.2. The number of nitrogens with one attached hydrogen (secondary N) is 1. The van der Waals surface area contributed by atoms with Crippen molar-refractivity contribution in [2.45, 2.75) is 19.9 Å². The van der Waals surface area contributed by atoms with Gasteiger partial charge in [-0.3, -0.25) is 4.79 Å². The number of carbonyl (C=O) groups is 2. The lowest BCUT2D eigenvalue weighted by atomic mass is 9.95. The summed E-state index contributed by atoms with van der Waals surface area (Å²) in [6, 6.07) is 11.7. The Bertz CT molecular complexity index is 1190. The van der Waals surface area contributed by atoms with Crippen molar-refractivity contribution >= 4 is 57.7 Å². The van der Waals surface area contributed by atoms with Crippen molar-refractivity contribution in [3.8, 4) is 5.75 Å². The fraction of sp³-hybridized carbons (Fsp3) is 0.208. The second-order valence-electron chi connectivity index (χ2n) is 7.39. The van der Waals surface area contributed by atoms with Gasteiger partial charge >= 0.3 is 5.97 Å². The van der Waals surface area contributed by atoms with Crippen molar-refractivity contribution in [3.63, 3.8) is 0 Å². The maximum Gasteiger partial charge on any atom is 0.338 e. The second-order valence-corrected chi connectivity index (χ2v) is 9.14. The Labute approximate surface area is 211 Å². The smallest absolute Gasteiger partial charge is 0.338 e. The lowest BCUT2D eigenvalue weighted by Crippen LogP contribution is -2.34. The number of amides is 1. The molecule has 2 heterocycles. The van der Waals surface area contributed by atoms with Crippen LogP contribution < -0.4 is 10.1 Å². The third-order valence-corrected chi connectivity index (χ3v) is 6.24. The zero-order valence-corrected chi connectivity index (χ0v) is 20.7. The fourth-order valence-electron chi connectivity index (χ4n) is 3.62. The van der Waals surface area contributed by atoms with Crippen LogP contribution in [0.5, 0.6) is 5.75 Å². The molecule has 0 fully saturated rings. The van der Waals surface area contributed by atoms with E-state index < -0.39 is 5.97 Å². The van der Waals surface area contributed by atoms with E-state index in [4.69, 9.17) is 32.7 Å². The Hall–Kier alpha value is -2.94. The second kappa shape index (κ2) is 10.5. The number of benzene rings is 2. The number of ether oxygens (including phenoxy) is 2. The van der Waals surface area contributed by atoms with Gasteiger partial charge in [0.2, 0.25) is 0 Å². The lowest BCUT2D eigenvalue weighted by molar-refractivity contribution is -0.139. The molecule has 0 aliphatic carbocycles. The SMILES string of the molecule is CCOC(=O)C1=C(C)N=C2SC=CN2[C@H]1c1ccc(OCC(=O)Nc2cc(Cl)cc(Cl)c2)cc1. The maximum atomic E-state index is 12.7. The molecule has 0 bridgehead atoms. The van der Waals surface area contributed by atoms with Crippen LogP contribution in [0.4, 0.5) is 5.69 Å².